The van der Waals surface area contributed by atoms with Gasteiger partial charge in [-0.1, -0.05) is 13.3 Å². The predicted molar refractivity (Wildman–Crippen MR) is 57.0 cm³/mol. The highest BCUT2D eigenvalue weighted by molar-refractivity contribution is 4.68. The molecular weight excluding hydrogens is 176 g/mol. The average Bonchev–Trinajstić information content (AvgIpc) is 2.56. The first-order chi connectivity index (χ1) is 6.72. The average molecular weight is 196 g/mol. The molecule has 0 aromatic carbocycles. The summed E-state index contributed by atoms with van der Waals surface area (Å²) in [7, 11) is 0. The van der Waals surface area contributed by atoms with Gasteiger partial charge in [-0.2, -0.15) is 5.10 Å². The maximum atomic E-state index is 4.08. The lowest BCUT2D eigenvalue weighted by atomic mass is 10.2. The molecule has 4 nitrogen and oxygen atoms in total. The van der Waals surface area contributed by atoms with E-state index in [0.29, 0.717) is 12.1 Å². The molecule has 0 spiro atoms. The zero-order chi connectivity index (χ0) is 10.4. The second kappa shape index (κ2) is 5.75. The van der Waals surface area contributed by atoms with Gasteiger partial charge in [-0.15, -0.1) is 0 Å². The Morgan fingerprint density at radius 3 is 2.71 bits per heavy atom. The lowest BCUT2D eigenvalue weighted by molar-refractivity contribution is 0.393. The van der Waals surface area contributed by atoms with Crippen molar-refractivity contribution in [1.82, 2.24) is 20.1 Å². The van der Waals surface area contributed by atoms with Crippen LogP contribution in [0.15, 0.2) is 12.7 Å². The van der Waals surface area contributed by atoms with E-state index in [2.05, 4.69) is 36.2 Å². The maximum absolute atomic E-state index is 4.08. The van der Waals surface area contributed by atoms with Crippen LogP contribution in [0.1, 0.15) is 33.6 Å². The van der Waals surface area contributed by atoms with Gasteiger partial charge in [0.15, 0.2) is 0 Å². The molecule has 0 aliphatic carbocycles. The summed E-state index contributed by atoms with van der Waals surface area (Å²) in [4.78, 5) is 3.91. The van der Waals surface area contributed by atoms with Gasteiger partial charge in [-0.3, -0.25) is 4.68 Å². The molecule has 1 rings (SSSR count). The number of hydrogen-bond acceptors (Lipinski definition) is 3. The summed E-state index contributed by atoms with van der Waals surface area (Å²) in [5, 5.41) is 7.61. The van der Waals surface area contributed by atoms with Gasteiger partial charge in [0.05, 0.1) is 6.54 Å². The SMILES string of the molecule is CCCC(C)NC(C)Cn1cncn1. The minimum absolute atomic E-state index is 0.443. The van der Waals surface area contributed by atoms with Gasteiger partial charge in [-0.05, 0) is 20.3 Å². The van der Waals surface area contributed by atoms with Crippen LogP contribution < -0.4 is 5.32 Å². The van der Waals surface area contributed by atoms with Crippen LogP contribution in [0.5, 0.6) is 0 Å². The molecule has 1 aromatic rings. The van der Waals surface area contributed by atoms with E-state index >= 15 is 0 Å². The first-order valence-electron chi connectivity index (χ1n) is 5.30. The summed E-state index contributed by atoms with van der Waals surface area (Å²) >= 11 is 0. The van der Waals surface area contributed by atoms with Crippen LogP contribution in [-0.2, 0) is 6.54 Å². The third-order valence-corrected chi connectivity index (χ3v) is 2.22. The Morgan fingerprint density at radius 2 is 2.14 bits per heavy atom. The van der Waals surface area contributed by atoms with Gasteiger partial charge in [0.25, 0.3) is 0 Å². The Labute approximate surface area is 85.7 Å². The number of rotatable bonds is 6. The van der Waals surface area contributed by atoms with Crippen LogP contribution in [0.2, 0.25) is 0 Å². The summed E-state index contributed by atoms with van der Waals surface area (Å²) in [6.45, 7) is 7.49. The first kappa shape index (κ1) is 11.2. The minimum Gasteiger partial charge on any atom is -0.310 e. The van der Waals surface area contributed by atoms with Gasteiger partial charge in [0, 0.05) is 12.1 Å². The molecule has 1 heterocycles. The lowest BCUT2D eigenvalue weighted by Crippen LogP contribution is -2.37. The Morgan fingerprint density at radius 1 is 1.36 bits per heavy atom. The molecule has 0 saturated carbocycles. The largest absolute Gasteiger partial charge is 0.310 e. The van der Waals surface area contributed by atoms with Crippen molar-refractivity contribution in [1.29, 1.82) is 0 Å². The molecule has 4 heteroatoms. The Bertz CT molecular complexity index is 232. The second-order valence-corrected chi connectivity index (χ2v) is 3.87. The third-order valence-electron chi connectivity index (χ3n) is 2.22. The normalized spacial score (nSPS) is 15.4. The molecule has 1 aromatic heterocycles. The second-order valence-electron chi connectivity index (χ2n) is 3.87. The van der Waals surface area contributed by atoms with Crippen molar-refractivity contribution >= 4 is 0 Å². The molecule has 0 saturated heterocycles. The highest BCUT2D eigenvalue weighted by atomic mass is 15.3. The van der Waals surface area contributed by atoms with Gasteiger partial charge in [-0.25, -0.2) is 4.98 Å². The van der Waals surface area contributed by atoms with Crippen LogP contribution in [0.4, 0.5) is 0 Å². The topological polar surface area (TPSA) is 42.7 Å². The smallest absolute Gasteiger partial charge is 0.137 e. The maximum Gasteiger partial charge on any atom is 0.137 e. The fraction of sp³-hybridized carbons (Fsp3) is 0.800. The number of nitrogens with one attached hydrogen (secondary N) is 1. The van der Waals surface area contributed by atoms with Crippen LogP contribution in [0.3, 0.4) is 0 Å². The van der Waals surface area contributed by atoms with E-state index in [-0.39, 0.29) is 0 Å². The summed E-state index contributed by atoms with van der Waals surface area (Å²) in [5.41, 5.74) is 0. The van der Waals surface area contributed by atoms with Crippen molar-refractivity contribution in [2.24, 2.45) is 0 Å². The molecule has 1 N–H and O–H groups in total. The molecule has 0 radical (unpaired) electrons. The Kier molecular flexibility index (Phi) is 4.59. The molecular formula is C10H20N4. The summed E-state index contributed by atoms with van der Waals surface area (Å²) < 4.78 is 1.86. The van der Waals surface area contributed by atoms with E-state index in [1.54, 1.807) is 12.7 Å². The van der Waals surface area contributed by atoms with Gasteiger partial charge in [0.1, 0.15) is 12.7 Å². The van der Waals surface area contributed by atoms with Crippen LogP contribution in [0.25, 0.3) is 0 Å². The van der Waals surface area contributed by atoms with Crippen molar-refractivity contribution in [2.45, 2.75) is 52.2 Å². The van der Waals surface area contributed by atoms with Crippen molar-refractivity contribution in [3.63, 3.8) is 0 Å². The zero-order valence-corrected chi connectivity index (χ0v) is 9.27. The highest BCUT2D eigenvalue weighted by Crippen LogP contribution is 1.98. The molecule has 0 bridgehead atoms. The Hall–Kier alpha value is -0.900. The van der Waals surface area contributed by atoms with Gasteiger partial charge >= 0.3 is 0 Å². The summed E-state index contributed by atoms with van der Waals surface area (Å²) in [6.07, 6.45) is 5.77. The Balaban J connectivity index is 2.25. The van der Waals surface area contributed by atoms with Crippen LogP contribution in [0, 0.1) is 0 Å². The summed E-state index contributed by atoms with van der Waals surface area (Å²) in [6, 6.07) is 1.02. The third kappa shape index (κ3) is 3.87. The number of aromatic nitrogens is 3. The minimum atomic E-state index is 0.443. The van der Waals surface area contributed by atoms with Crippen LogP contribution in [-0.4, -0.2) is 26.8 Å². The van der Waals surface area contributed by atoms with E-state index in [9.17, 15) is 0 Å². The van der Waals surface area contributed by atoms with E-state index in [1.807, 2.05) is 4.68 Å². The fourth-order valence-electron chi connectivity index (χ4n) is 1.66. The summed E-state index contributed by atoms with van der Waals surface area (Å²) in [5.74, 6) is 0. The molecule has 0 fully saturated rings. The quantitative estimate of drug-likeness (QED) is 0.748. The molecule has 2 atom stereocenters. The molecule has 14 heavy (non-hydrogen) atoms. The predicted octanol–water partition coefficient (Wildman–Crippen LogP) is 1.44. The van der Waals surface area contributed by atoms with E-state index in [0.717, 1.165) is 6.54 Å². The lowest BCUT2D eigenvalue weighted by Gasteiger charge is -2.19. The molecule has 0 amide bonds. The molecule has 0 aliphatic rings. The van der Waals surface area contributed by atoms with Gasteiger partial charge in [0.2, 0.25) is 0 Å². The molecule has 80 valence electrons. The standard InChI is InChI=1S/C10H20N4/c1-4-5-9(2)13-10(3)6-14-8-11-7-12-14/h7-10,13H,4-6H2,1-3H3. The van der Waals surface area contributed by atoms with Gasteiger partial charge < -0.3 is 5.32 Å². The van der Waals surface area contributed by atoms with E-state index in [1.165, 1.54) is 12.8 Å². The van der Waals surface area contributed by atoms with Crippen molar-refractivity contribution in [3.8, 4) is 0 Å². The first-order valence-corrected chi connectivity index (χ1v) is 5.30. The highest BCUT2D eigenvalue weighted by Gasteiger charge is 2.06. The van der Waals surface area contributed by atoms with Crippen molar-refractivity contribution < 1.29 is 0 Å². The molecule has 2 unspecified atom stereocenters. The molecule has 0 aliphatic heterocycles. The van der Waals surface area contributed by atoms with Crippen molar-refractivity contribution in [3.05, 3.63) is 12.7 Å². The van der Waals surface area contributed by atoms with E-state index < -0.39 is 0 Å². The van der Waals surface area contributed by atoms with E-state index in [4.69, 9.17) is 0 Å². The van der Waals surface area contributed by atoms with Crippen LogP contribution >= 0.6 is 0 Å². The van der Waals surface area contributed by atoms with Crippen molar-refractivity contribution in [2.75, 3.05) is 0 Å². The fourth-order valence-corrected chi connectivity index (χ4v) is 1.66. The monoisotopic (exact) mass is 196 g/mol. The zero-order valence-electron chi connectivity index (χ0n) is 9.27. The number of nitrogens with zero attached hydrogens (tertiary/aromatic N) is 3. The number of hydrogen-bond donors (Lipinski definition) is 1.